The Morgan fingerprint density at radius 3 is 2.38 bits per heavy atom. The molecule has 18 nitrogen and oxygen atoms in total. The third-order valence-corrected chi connectivity index (χ3v) is 15.5. The summed E-state index contributed by atoms with van der Waals surface area (Å²) in [5.41, 5.74) is 5.66. The monoisotopic (exact) mass is 1030 g/mol. The van der Waals surface area contributed by atoms with Crippen LogP contribution in [0, 0.1) is 17.8 Å². The van der Waals surface area contributed by atoms with E-state index in [0.717, 1.165) is 17.7 Å². The molecule has 7 rings (SSSR count). The van der Waals surface area contributed by atoms with E-state index in [1.165, 1.54) is 18.7 Å². The number of nitrogens with zero attached hydrogens (tertiary/aromatic N) is 6. The van der Waals surface area contributed by atoms with Crippen molar-refractivity contribution in [2.24, 2.45) is 17.8 Å². The van der Waals surface area contributed by atoms with Crippen molar-refractivity contribution in [1.29, 1.82) is 0 Å². The molecule has 2 fully saturated rings. The Balaban J connectivity index is 1.44. The fourth-order valence-corrected chi connectivity index (χ4v) is 10.8. The molecule has 6 heterocycles. The number of rotatable bonds is 3. The van der Waals surface area contributed by atoms with Gasteiger partial charge < -0.3 is 59.0 Å². The number of aliphatic hydroxyl groups is 3. The number of esters is 1. The Hall–Kier alpha value is -2.61. The van der Waals surface area contributed by atoms with Gasteiger partial charge in [0.1, 0.15) is 36.2 Å². The average molecular weight is 1030 g/mol. The van der Waals surface area contributed by atoms with Gasteiger partial charge in [-0.1, -0.05) is 31.2 Å². The van der Waals surface area contributed by atoms with E-state index in [4.69, 9.17) is 28.4 Å². The maximum atomic E-state index is 14.8. The van der Waals surface area contributed by atoms with E-state index in [-0.39, 0.29) is 23.8 Å². The second-order valence-electron chi connectivity index (χ2n) is 19.2. The molecule has 16 atom stereocenters. The van der Waals surface area contributed by atoms with Crippen LogP contribution in [0.2, 0.25) is 0 Å². The molecule has 5 aliphatic heterocycles. The number of aliphatic hydroxyl groups excluding tert-OH is 2. The van der Waals surface area contributed by atoms with Gasteiger partial charge in [-0.2, -0.15) is 0 Å². The van der Waals surface area contributed by atoms with Gasteiger partial charge in [0.15, 0.2) is 10.4 Å². The number of cyclic esters (lactones) is 1. The van der Waals surface area contributed by atoms with Crippen molar-refractivity contribution in [2.45, 2.75) is 151 Å². The summed E-state index contributed by atoms with van der Waals surface area (Å²) >= 11 is 1.86. The minimum Gasteiger partial charge on any atom is -0.448 e. The number of carbonyl (C=O) groups excluding carboxylic acids is 1. The highest BCUT2D eigenvalue weighted by Gasteiger charge is 2.51. The number of likely N-dealkylation sites (N-methyl/N-ethyl adjacent to an activating group) is 1. The third kappa shape index (κ3) is 11.6. The molecule has 0 amide bonds. The first-order chi connectivity index (χ1) is 30.7. The van der Waals surface area contributed by atoms with Crippen LogP contribution in [-0.4, -0.2) is 163 Å². The number of hydrogen-bond donors (Lipinski definition) is 5. The first kappa shape index (κ1) is 51.8. The van der Waals surface area contributed by atoms with Crippen LogP contribution in [0.3, 0.4) is 0 Å². The molecular formula is C45H72FIN8O10. The third-order valence-electron chi connectivity index (χ3n) is 14.0. The summed E-state index contributed by atoms with van der Waals surface area (Å²) in [5, 5.41) is 45.6. The minimum atomic E-state index is -1.80. The summed E-state index contributed by atoms with van der Waals surface area (Å²) in [4.78, 5) is 18.3. The van der Waals surface area contributed by atoms with Gasteiger partial charge in [-0.3, -0.25) is 9.80 Å². The van der Waals surface area contributed by atoms with E-state index in [9.17, 15) is 24.5 Å². The molecule has 1 aromatic carbocycles. The van der Waals surface area contributed by atoms with Gasteiger partial charge in [-0.05, 0) is 108 Å². The number of methoxy groups -OCH3 is 2. The van der Waals surface area contributed by atoms with Crippen molar-refractivity contribution in [3.8, 4) is 5.69 Å². The molecular weight excluding hydrogens is 958 g/mol. The molecule has 0 radical (unpaired) electrons. The van der Waals surface area contributed by atoms with E-state index in [1.54, 1.807) is 25.2 Å². The second-order valence-corrected chi connectivity index (χ2v) is 20.3. The molecule has 0 saturated carbocycles. The highest BCUT2D eigenvalue weighted by atomic mass is 127. The molecule has 2 saturated heterocycles. The van der Waals surface area contributed by atoms with E-state index in [0.29, 0.717) is 38.0 Å². The van der Waals surface area contributed by atoms with Crippen molar-refractivity contribution >= 4 is 28.6 Å². The lowest BCUT2D eigenvalue weighted by Gasteiger charge is -2.48. The number of fused-ring (bicyclic) bond motifs is 6. The van der Waals surface area contributed by atoms with Gasteiger partial charge in [-0.15, -0.1) is 10.6 Å². The Bertz CT molecular complexity index is 1900. The summed E-state index contributed by atoms with van der Waals surface area (Å²) in [5.74, 6) is -2.24. The van der Waals surface area contributed by atoms with Crippen molar-refractivity contribution in [1.82, 2.24) is 40.8 Å². The molecule has 20 heteroatoms. The zero-order chi connectivity index (χ0) is 47.5. The van der Waals surface area contributed by atoms with Crippen LogP contribution in [0.15, 0.2) is 42.4 Å². The molecule has 0 spiro atoms. The van der Waals surface area contributed by atoms with Crippen molar-refractivity contribution < 1.29 is 52.9 Å². The number of hydrazine groups is 2. The quantitative estimate of drug-likeness (QED) is 0.169. The maximum Gasteiger partial charge on any atom is 0.312 e. The Morgan fingerprint density at radius 1 is 1.02 bits per heavy atom. The molecule has 5 aliphatic rings. The zero-order valence-corrected chi connectivity index (χ0v) is 41.8. The van der Waals surface area contributed by atoms with Crippen LogP contribution in [0.5, 0.6) is 0 Å². The SMILES string of the molecule is CO[C@H]1[C@H](C)[C@H]2O[C@H]3C[C@H](C[C@@H](C)O3)N(C)CCC3=CN(NN3)[C@H](CF)[C@H](OC)c3ccc(cc3)-n3cc(nn3)C(O)O[C@]2(C)C[C@@H](C)CN(C)[C@H](C)[C@@H](O)[C@](C)(O)[C@@H](I)OC(=O)[C@@H]1C. The molecule has 8 bridgehead atoms. The zero-order valence-electron chi connectivity index (χ0n) is 39.6. The number of nitrogens with one attached hydrogen (secondary N) is 2. The van der Waals surface area contributed by atoms with Gasteiger partial charge in [0.05, 0.1) is 41.7 Å². The topological polar surface area (TPSA) is 198 Å². The van der Waals surface area contributed by atoms with Gasteiger partial charge in [0.2, 0.25) is 6.29 Å². The fraction of sp³-hybridized carbons (Fsp3) is 0.756. The number of alkyl halides is 2. The highest BCUT2D eigenvalue weighted by Crippen LogP contribution is 2.41. The Kier molecular flexibility index (Phi) is 17.3. The minimum absolute atomic E-state index is 0.0435. The van der Waals surface area contributed by atoms with Crippen LogP contribution < -0.4 is 11.0 Å². The average Bonchev–Trinajstić information content (AvgIpc) is 3.96. The largest absolute Gasteiger partial charge is 0.448 e. The first-order valence-corrected chi connectivity index (χ1v) is 23.9. The summed E-state index contributed by atoms with van der Waals surface area (Å²) in [6, 6.07) is 6.15. The predicted molar refractivity (Wildman–Crippen MR) is 247 cm³/mol. The number of ether oxygens (including phenoxy) is 6. The van der Waals surface area contributed by atoms with Crippen LogP contribution in [0.25, 0.3) is 5.69 Å². The lowest BCUT2D eigenvalue weighted by atomic mass is 9.77. The summed E-state index contributed by atoms with van der Waals surface area (Å²) < 4.78 is 53.9. The summed E-state index contributed by atoms with van der Waals surface area (Å²) in [6.07, 6.45) is -0.422. The van der Waals surface area contributed by atoms with Crippen LogP contribution >= 0.6 is 22.6 Å². The predicted octanol–water partition coefficient (Wildman–Crippen LogP) is 3.90. The summed E-state index contributed by atoms with van der Waals surface area (Å²) in [7, 11) is 7.02. The van der Waals surface area contributed by atoms with Crippen molar-refractivity contribution in [3.05, 3.63) is 53.6 Å². The van der Waals surface area contributed by atoms with Crippen molar-refractivity contribution in [3.63, 3.8) is 0 Å². The molecule has 65 heavy (non-hydrogen) atoms. The molecule has 2 aromatic rings. The number of aromatic nitrogens is 3. The number of hydrogen-bond acceptors (Lipinski definition) is 17. The van der Waals surface area contributed by atoms with Crippen LogP contribution in [-0.2, 0) is 33.2 Å². The fourth-order valence-electron chi connectivity index (χ4n) is 10.1. The van der Waals surface area contributed by atoms with Crippen LogP contribution in [0.4, 0.5) is 4.39 Å². The maximum absolute atomic E-state index is 14.8. The molecule has 1 aromatic heterocycles. The normalized spacial score (nSPS) is 40.2. The Labute approximate surface area is 396 Å². The molecule has 366 valence electrons. The van der Waals surface area contributed by atoms with Crippen molar-refractivity contribution in [2.75, 3.05) is 48.1 Å². The van der Waals surface area contributed by atoms with E-state index >= 15 is 0 Å². The number of benzene rings is 1. The van der Waals surface area contributed by atoms with E-state index < -0.39 is 88.9 Å². The molecule has 0 aliphatic carbocycles. The van der Waals surface area contributed by atoms with Crippen LogP contribution in [0.1, 0.15) is 97.8 Å². The smallest absolute Gasteiger partial charge is 0.312 e. The standard InChI is InChI=1S/C45H72FIN8O10/c1-25-20-44(6)40(27(3)37(60-10)28(4)41(57)64-43(47)45(7,59)39(56)29(5)53(9)22-25)63-36-19-33(18-26(2)62-36)52(8)17-16-31-23-55(50-48-31)35(21-46)38(61-11)30-12-14-32(15-13-30)54-24-34(49-51-54)42(58)65-44/h12-15,23-29,33,35-40,42-43,48,50,56,58-59H,16-22H2,1-11H3/t25-,26-,27+,28-,29-,33+,35-,36+,37+,38-,39-,40-,42?,43+,44-,45+/m1/s1. The number of halogens is 2. The molecule has 1 unspecified atom stereocenters. The number of carbonyl (C=O) groups is 1. The second kappa shape index (κ2) is 21.8. The van der Waals surface area contributed by atoms with Gasteiger partial charge in [0.25, 0.3) is 0 Å². The lowest BCUT2D eigenvalue weighted by Crippen LogP contribution is -2.57. The van der Waals surface area contributed by atoms with Gasteiger partial charge in [-0.25, -0.2) is 9.07 Å². The van der Waals surface area contributed by atoms with Gasteiger partial charge >= 0.3 is 5.97 Å². The van der Waals surface area contributed by atoms with E-state index in [1.807, 2.05) is 92.7 Å². The highest BCUT2D eigenvalue weighted by molar-refractivity contribution is 14.1. The van der Waals surface area contributed by atoms with Gasteiger partial charge in [0, 0.05) is 70.0 Å². The Morgan fingerprint density at radius 2 is 1.72 bits per heavy atom. The molecule has 5 N–H and O–H groups in total. The summed E-state index contributed by atoms with van der Waals surface area (Å²) in [6.45, 7) is 13.3. The van der Waals surface area contributed by atoms with E-state index in [2.05, 4.69) is 40.1 Å². The lowest BCUT2D eigenvalue weighted by molar-refractivity contribution is -0.299. The first-order valence-electron chi connectivity index (χ1n) is 22.7.